The van der Waals surface area contributed by atoms with Crippen LogP contribution in [0.5, 0.6) is 5.75 Å². The molecule has 0 saturated carbocycles. The standard InChI is InChI=1S/C20H23NO4/c1-3-4-13-18(22)25-19(15-9-6-5-7-10-15)20(23)21-16-11-8-12-17(14-16)24-2/h5-12,14,19H,3-4,13H2,1-2H3,(H,21,23)/t19-/m1/s1. The fraction of sp³-hybridized carbons (Fsp3) is 0.300. The minimum absolute atomic E-state index is 0.298. The number of methoxy groups -OCH3 is 1. The number of anilines is 1. The van der Waals surface area contributed by atoms with Crippen LogP contribution in [-0.2, 0) is 14.3 Å². The lowest BCUT2D eigenvalue weighted by atomic mass is 10.1. The highest BCUT2D eigenvalue weighted by Gasteiger charge is 2.25. The third-order valence-electron chi connectivity index (χ3n) is 3.66. The molecular formula is C20H23NO4. The van der Waals surface area contributed by atoms with Gasteiger partial charge < -0.3 is 14.8 Å². The summed E-state index contributed by atoms with van der Waals surface area (Å²) in [6, 6.07) is 16.0. The molecule has 1 amide bonds. The molecule has 1 atom stereocenters. The Morgan fingerprint density at radius 3 is 2.52 bits per heavy atom. The average Bonchev–Trinajstić information content (AvgIpc) is 2.65. The molecule has 0 aliphatic carbocycles. The van der Waals surface area contributed by atoms with Gasteiger partial charge in [-0.3, -0.25) is 9.59 Å². The van der Waals surface area contributed by atoms with Crippen LogP contribution in [0.2, 0.25) is 0 Å². The van der Waals surface area contributed by atoms with E-state index in [9.17, 15) is 9.59 Å². The maximum Gasteiger partial charge on any atom is 0.306 e. The summed E-state index contributed by atoms with van der Waals surface area (Å²) in [7, 11) is 1.56. The Hall–Kier alpha value is -2.82. The zero-order chi connectivity index (χ0) is 18.1. The van der Waals surface area contributed by atoms with Crippen molar-refractivity contribution in [3.8, 4) is 5.75 Å². The van der Waals surface area contributed by atoms with Crippen molar-refractivity contribution in [2.45, 2.75) is 32.3 Å². The number of benzene rings is 2. The summed E-state index contributed by atoms with van der Waals surface area (Å²) in [4.78, 5) is 24.7. The van der Waals surface area contributed by atoms with Crippen molar-refractivity contribution in [3.05, 3.63) is 60.2 Å². The number of rotatable bonds is 8. The molecule has 0 fully saturated rings. The van der Waals surface area contributed by atoms with Gasteiger partial charge in [-0.25, -0.2) is 0 Å². The van der Waals surface area contributed by atoms with Crippen LogP contribution in [0.3, 0.4) is 0 Å². The topological polar surface area (TPSA) is 64.6 Å². The average molecular weight is 341 g/mol. The lowest BCUT2D eigenvalue weighted by Crippen LogP contribution is -2.25. The van der Waals surface area contributed by atoms with Gasteiger partial charge in [-0.2, -0.15) is 0 Å². The van der Waals surface area contributed by atoms with Gasteiger partial charge in [0, 0.05) is 23.7 Å². The van der Waals surface area contributed by atoms with Gasteiger partial charge in [0.05, 0.1) is 7.11 Å². The van der Waals surface area contributed by atoms with Gasteiger partial charge in [0.15, 0.2) is 0 Å². The van der Waals surface area contributed by atoms with Gasteiger partial charge >= 0.3 is 5.97 Å². The van der Waals surface area contributed by atoms with E-state index >= 15 is 0 Å². The van der Waals surface area contributed by atoms with Crippen LogP contribution in [0.25, 0.3) is 0 Å². The summed E-state index contributed by atoms with van der Waals surface area (Å²) in [6.07, 6.45) is 0.933. The zero-order valence-electron chi connectivity index (χ0n) is 14.5. The number of carbonyl (C=O) groups excluding carboxylic acids is 2. The van der Waals surface area contributed by atoms with Gasteiger partial charge in [0.25, 0.3) is 5.91 Å². The minimum atomic E-state index is -0.989. The molecule has 0 heterocycles. The molecule has 1 N–H and O–H groups in total. The SMILES string of the molecule is CCCCC(=O)O[C@@H](C(=O)Nc1cccc(OC)c1)c1ccccc1. The molecule has 5 nitrogen and oxygen atoms in total. The molecular weight excluding hydrogens is 318 g/mol. The Bertz CT molecular complexity index is 700. The Morgan fingerprint density at radius 1 is 1.08 bits per heavy atom. The summed E-state index contributed by atoms with van der Waals surface area (Å²) in [5.41, 5.74) is 1.21. The fourth-order valence-electron chi connectivity index (χ4n) is 2.32. The van der Waals surface area contributed by atoms with Crippen molar-refractivity contribution in [3.63, 3.8) is 0 Å². The lowest BCUT2D eigenvalue weighted by molar-refractivity contribution is -0.154. The summed E-state index contributed by atoms with van der Waals surface area (Å²) < 4.78 is 10.6. The first-order valence-corrected chi connectivity index (χ1v) is 8.33. The quantitative estimate of drug-likeness (QED) is 0.734. The molecule has 0 radical (unpaired) electrons. The van der Waals surface area contributed by atoms with Crippen LogP contribution in [0.4, 0.5) is 5.69 Å². The third-order valence-corrected chi connectivity index (χ3v) is 3.66. The Kier molecular flexibility index (Phi) is 7.01. The number of unbranched alkanes of at least 4 members (excludes halogenated alkanes) is 1. The molecule has 132 valence electrons. The summed E-state index contributed by atoms with van der Waals surface area (Å²) in [6.45, 7) is 2.00. The van der Waals surface area contributed by atoms with Crippen LogP contribution >= 0.6 is 0 Å². The van der Waals surface area contributed by atoms with Crippen molar-refractivity contribution in [2.24, 2.45) is 0 Å². The lowest BCUT2D eigenvalue weighted by Gasteiger charge is -2.18. The van der Waals surface area contributed by atoms with Crippen molar-refractivity contribution in [1.29, 1.82) is 0 Å². The number of ether oxygens (including phenoxy) is 2. The van der Waals surface area contributed by atoms with Gasteiger partial charge in [-0.05, 0) is 18.6 Å². The van der Waals surface area contributed by atoms with Crippen molar-refractivity contribution in [1.82, 2.24) is 0 Å². The van der Waals surface area contributed by atoms with E-state index in [-0.39, 0.29) is 5.97 Å². The number of amides is 1. The highest BCUT2D eigenvalue weighted by atomic mass is 16.5. The highest BCUT2D eigenvalue weighted by Crippen LogP contribution is 2.23. The van der Waals surface area contributed by atoms with Crippen LogP contribution in [0, 0.1) is 0 Å². The summed E-state index contributed by atoms with van der Waals surface area (Å²) >= 11 is 0. The molecule has 25 heavy (non-hydrogen) atoms. The van der Waals surface area contributed by atoms with Gasteiger partial charge in [-0.1, -0.05) is 49.7 Å². The largest absolute Gasteiger partial charge is 0.497 e. The van der Waals surface area contributed by atoms with Gasteiger partial charge in [0.2, 0.25) is 6.10 Å². The Labute approximate surface area is 148 Å². The predicted octanol–water partition coefficient (Wildman–Crippen LogP) is 4.11. The van der Waals surface area contributed by atoms with Gasteiger partial charge in [-0.15, -0.1) is 0 Å². The molecule has 0 aliphatic heterocycles. The van der Waals surface area contributed by atoms with Gasteiger partial charge in [0.1, 0.15) is 5.75 Å². The molecule has 0 aromatic heterocycles. The molecule has 0 bridgehead atoms. The number of hydrogen-bond acceptors (Lipinski definition) is 4. The number of hydrogen-bond donors (Lipinski definition) is 1. The normalized spacial score (nSPS) is 11.4. The second-order valence-electron chi connectivity index (χ2n) is 5.61. The molecule has 0 aliphatic rings. The minimum Gasteiger partial charge on any atom is -0.497 e. The monoisotopic (exact) mass is 341 g/mol. The molecule has 2 aromatic rings. The van der Waals surface area contributed by atoms with E-state index in [0.29, 0.717) is 23.4 Å². The molecule has 0 saturated heterocycles. The van der Waals surface area contributed by atoms with Crippen LogP contribution in [0.15, 0.2) is 54.6 Å². The molecule has 0 unspecified atom stereocenters. The molecule has 2 aromatic carbocycles. The molecule has 0 spiro atoms. The first kappa shape index (κ1) is 18.5. The fourth-order valence-corrected chi connectivity index (χ4v) is 2.32. The van der Waals surface area contributed by atoms with E-state index in [1.54, 1.807) is 55.6 Å². The Morgan fingerprint density at radius 2 is 1.84 bits per heavy atom. The Balaban J connectivity index is 2.15. The van der Waals surface area contributed by atoms with E-state index in [1.807, 2.05) is 13.0 Å². The maximum atomic E-state index is 12.7. The first-order chi connectivity index (χ1) is 12.1. The summed E-state index contributed by atoms with van der Waals surface area (Å²) in [5.74, 6) is -0.144. The summed E-state index contributed by atoms with van der Waals surface area (Å²) in [5, 5.41) is 2.78. The number of carbonyl (C=O) groups is 2. The zero-order valence-corrected chi connectivity index (χ0v) is 14.5. The number of esters is 1. The predicted molar refractivity (Wildman–Crippen MR) is 96.4 cm³/mol. The smallest absolute Gasteiger partial charge is 0.306 e. The maximum absolute atomic E-state index is 12.7. The van der Waals surface area contributed by atoms with Crippen molar-refractivity contribution in [2.75, 3.05) is 12.4 Å². The van der Waals surface area contributed by atoms with Crippen LogP contribution in [-0.4, -0.2) is 19.0 Å². The number of nitrogens with one attached hydrogen (secondary N) is 1. The van der Waals surface area contributed by atoms with E-state index in [4.69, 9.17) is 9.47 Å². The van der Waals surface area contributed by atoms with Crippen molar-refractivity contribution < 1.29 is 19.1 Å². The molecule has 5 heteroatoms. The van der Waals surface area contributed by atoms with E-state index < -0.39 is 12.0 Å². The molecule has 2 rings (SSSR count). The first-order valence-electron chi connectivity index (χ1n) is 8.33. The van der Waals surface area contributed by atoms with Crippen LogP contribution < -0.4 is 10.1 Å². The van der Waals surface area contributed by atoms with E-state index in [0.717, 1.165) is 12.8 Å². The second kappa shape index (κ2) is 9.47. The second-order valence-corrected chi connectivity index (χ2v) is 5.61. The highest BCUT2D eigenvalue weighted by molar-refractivity contribution is 5.96. The third kappa shape index (κ3) is 5.64. The van der Waals surface area contributed by atoms with E-state index in [2.05, 4.69) is 5.32 Å². The van der Waals surface area contributed by atoms with E-state index in [1.165, 1.54) is 0 Å². The van der Waals surface area contributed by atoms with Crippen LogP contribution in [0.1, 0.15) is 37.9 Å². The van der Waals surface area contributed by atoms with Crippen molar-refractivity contribution >= 4 is 17.6 Å².